The number of piperazine rings is 1. The van der Waals surface area contributed by atoms with E-state index in [2.05, 4.69) is 9.88 Å². The molecule has 2 aliphatic heterocycles. The number of aromatic carboxylic acids is 1. The average Bonchev–Trinajstić information content (AvgIpc) is 3.47. The van der Waals surface area contributed by atoms with Crippen molar-refractivity contribution in [1.29, 1.82) is 0 Å². The molecule has 1 amide bonds. The molecule has 43 heavy (non-hydrogen) atoms. The monoisotopic (exact) mass is 624 g/mol. The minimum atomic E-state index is -4.03. The second kappa shape index (κ2) is 12.4. The molecule has 0 radical (unpaired) electrons. The fraction of sp³-hybridized carbons (Fsp3) is 0.452. The molecule has 1 aromatic carbocycles. The molecule has 6 rings (SSSR count). The number of morpholine rings is 1. The zero-order valence-electron chi connectivity index (χ0n) is 24.1. The zero-order chi connectivity index (χ0) is 30.1. The van der Waals surface area contributed by atoms with Crippen molar-refractivity contribution >= 4 is 44.7 Å². The van der Waals surface area contributed by atoms with Crippen LogP contribution in [0.3, 0.4) is 0 Å². The number of thiophene rings is 1. The van der Waals surface area contributed by atoms with Crippen molar-refractivity contribution in [2.24, 2.45) is 5.92 Å². The molecule has 3 fully saturated rings. The van der Waals surface area contributed by atoms with Crippen LogP contribution in [0.2, 0.25) is 0 Å². The Labute approximate surface area is 255 Å². The lowest BCUT2D eigenvalue weighted by atomic mass is 9.82. The summed E-state index contributed by atoms with van der Waals surface area (Å²) in [6.07, 6.45) is 6.16. The normalized spacial score (nSPS) is 22.6. The smallest absolute Gasteiger partial charge is 0.348 e. The van der Waals surface area contributed by atoms with Gasteiger partial charge in [0.1, 0.15) is 15.6 Å². The van der Waals surface area contributed by atoms with Crippen LogP contribution in [0.5, 0.6) is 0 Å². The Bertz CT molecular complexity index is 1570. The first-order valence-corrected chi connectivity index (χ1v) is 17.0. The highest BCUT2D eigenvalue weighted by atomic mass is 32.2. The van der Waals surface area contributed by atoms with E-state index in [-0.39, 0.29) is 34.8 Å². The molecule has 2 aromatic heterocycles. The van der Waals surface area contributed by atoms with Crippen LogP contribution < -0.4 is 9.80 Å². The number of amides is 1. The van der Waals surface area contributed by atoms with Crippen LogP contribution >= 0.6 is 11.3 Å². The molecule has 1 aliphatic carbocycles. The number of aromatic nitrogens is 1. The molecule has 0 spiro atoms. The Hall–Kier alpha value is -3.32. The fourth-order valence-corrected chi connectivity index (χ4v) is 8.86. The average molecular weight is 625 g/mol. The van der Waals surface area contributed by atoms with Gasteiger partial charge in [-0.15, -0.1) is 11.3 Å². The first-order valence-electron chi connectivity index (χ1n) is 14.8. The fourth-order valence-electron chi connectivity index (χ4n) is 6.51. The topological polar surface area (TPSA) is 120 Å². The Morgan fingerprint density at radius 1 is 1.09 bits per heavy atom. The summed E-state index contributed by atoms with van der Waals surface area (Å²) in [5.74, 6) is -0.783. The van der Waals surface area contributed by atoms with E-state index >= 15 is 0 Å². The number of carbonyl (C=O) groups is 2. The predicted molar refractivity (Wildman–Crippen MR) is 165 cm³/mol. The SMILES string of the molecule is CC1COCCN1c1ccc(S(=O)(=O)N2CC(=O)N(c3cc(-c4ccccc4)sc3C(=O)O)C(C3CCCCC3)C2)cn1. The maximum Gasteiger partial charge on any atom is 0.348 e. The number of rotatable bonds is 7. The van der Waals surface area contributed by atoms with Gasteiger partial charge >= 0.3 is 5.97 Å². The zero-order valence-corrected chi connectivity index (χ0v) is 25.7. The van der Waals surface area contributed by atoms with Crippen LogP contribution in [0.4, 0.5) is 11.5 Å². The third-order valence-corrected chi connectivity index (χ3v) is 11.7. The molecule has 228 valence electrons. The van der Waals surface area contributed by atoms with E-state index in [1.807, 2.05) is 37.3 Å². The number of carbonyl (C=O) groups excluding carboxylic acids is 1. The number of carboxylic acids is 1. The molecule has 3 aromatic rings. The van der Waals surface area contributed by atoms with Gasteiger partial charge < -0.3 is 19.6 Å². The van der Waals surface area contributed by atoms with Crippen LogP contribution in [0.1, 0.15) is 48.7 Å². The Balaban J connectivity index is 1.32. The third-order valence-electron chi connectivity index (χ3n) is 8.74. The molecule has 4 heterocycles. The number of sulfonamides is 1. The highest BCUT2D eigenvalue weighted by Crippen LogP contribution is 2.42. The third kappa shape index (κ3) is 5.93. The lowest BCUT2D eigenvalue weighted by molar-refractivity contribution is -0.121. The van der Waals surface area contributed by atoms with Gasteiger partial charge in [-0.3, -0.25) is 4.79 Å². The van der Waals surface area contributed by atoms with Crippen molar-refractivity contribution in [2.45, 2.75) is 56.0 Å². The Morgan fingerprint density at radius 2 is 1.86 bits per heavy atom. The maximum atomic E-state index is 14.0. The predicted octanol–water partition coefficient (Wildman–Crippen LogP) is 4.72. The molecule has 10 nitrogen and oxygen atoms in total. The van der Waals surface area contributed by atoms with Crippen molar-refractivity contribution in [3.63, 3.8) is 0 Å². The van der Waals surface area contributed by atoms with Crippen LogP contribution in [0.15, 0.2) is 59.6 Å². The highest BCUT2D eigenvalue weighted by molar-refractivity contribution is 7.89. The summed E-state index contributed by atoms with van der Waals surface area (Å²) < 4.78 is 34.6. The molecule has 2 saturated heterocycles. The van der Waals surface area contributed by atoms with E-state index in [1.54, 1.807) is 23.1 Å². The largest absolute Gasteiger partial charge is 0.477 e. The Morgan fingerprint density at radius 3 is 2.53 bits per heavy atom. The first kappa shape index (κ1) is 29.7. The molecule has 1 N–H and O–H groups in total. The van der Waals surface area contributed by atoms with Crippen molar-refractivity contribution < 1.29 is 27.9 Å². The first-order chi connectivity index (χ1) is 20.7. The number of benzene rings is 1. The minimum absolute atomic E-state index is 0.0360. The van der Waals surface area contributed by atoms with E-state index in [0.29, 0.717) is 31.3 Å². The van der Waals surface area contributed by atoms with Crippen LogP contribution in [-0.2, 0) is 19.6 Å². The van der Waals surface area contributed by atoms with Gasteiger partial charge in [0.2, 0.25) is 15.9 Å². The van der Waals surface area contributed by atoms with Gasteiger partial charge in [-0.1, -0.05) is 49.6 Å². The number of nitrogens with zero attached hydrogens (tertiary/aromatic N) is 4. The summed E-state index contributed by atoms with van der Waals surface area (Å²) in [5.41, 5.74) is 1.21. The number of ether oxygens (including phenoxy) is 1. The van der Waals surface area contributed by atoms with Crippen LogP contribution in [0, 0.1) is 5.92 Å². The second-order valence-corrected chi connectivity index (χ2v) is 14.5. The summed E-state index contributed by atoms with van der Waals surface area (Å²) in [6.45, 7) is 3.60. The lowest BCUT2D eigenvalue weighted by Crippen LogP contribution is -2.60. The van der Waals surface area contributed by atoms with Gasteiger partial charge in [0, 0.05) is 24.2 Å². The minimum Gasteiger partial charge on any atom is -0.477 e. The van der Waals surface area contributed by atoms with Crippen LogP contribution in [-0.4, -0.2) is 79.6 Å². The number of hydrogen-bond acceptors (Lipinski definition) is 8. The van der Waals surface area contributed by atoms with E-state index in [0.717, 1.165) is 53.9 Å². The summed E-state index contributed by atoms with van der Waals surface area (Å²) >= 11 is 1.14. The van der Waals surface area contributed by atoms with Crippen molar-refractivity contribution in [1.82, 2.24) is 9.29 Å². The van der Waals surface area contributed by atoms with E-state index in [1.165, 1.54) is 10.5 Å². The number of hydrogen-bond donors (Lipinski definition) is 1. The van der Waals surface area contributed by atoms with Crippen molar-refractivity contribution in [3.05, 3.63) is 59.6 Å². The molecule has 2 unspecified atom stereocenters. The van der Waals surface area contributed by atoms with E-state index < -0.39 is 27.9 Å². The summed E-state index contributed by atoms with van der Waals surface area (Å²) in [6, 6.07) is 14.2. The van der Waals surface area contributed by atoms with Gasteiger partial charge in [0.05, 0.1) is 37.5 Å². The summed E-state index contributed by atoms with van der Waals surface area (Å²) in [4.78, 5) is 35.4. The Kier molecular flexibility index (Phi) is 8.54. The van der Waals surface area contributed by atoms with Crippen molar-refractivity contribution in [3.8, 4) is 10.4 Å². The quantitative estimate of drug-likeness (QED) is 0.401. The van der Waals surface area contributed by atoms with E-state index in [4.69, 9.17) is 4.74 Å². The molecule has 3 aliphatic rings. The summed E-state index contributed by atoms with van der Waals surface area (Å²) in [7, 11) is -4.03. The van der Waals surface area contributed by atoms with Crippen LogP contribution in [0.25, 0.3) is 10.4 Å². The van der Waals surface area contributed by atoms with Gasteiger partial charge in [-0.25, -0.2) is 18.2 Å². The second-order valence-electron chi connectivity index (χ2n) is 11.5. The molecular weight excluding hydrogens is 588 g/mol. The van der Waals surface area contributed by atoms with Crippen molar-refractivity contribution in [2.75, 3.05) is 42.6 Å². The van der Waals surface area contributed by atoms with Gasteiger partial charge in [-0.05, 0) is 49.4 Å². The molecule has 12 heteroatoms. The number of carboxylic acid groups (broad SMARTS) is 1. The van der Waals surface area contributed by atoms with E-state index in [9.17, 15) is 23.1 Å². The lowest BCUT2D eigenvalue weighted by Gasteiger charge is -2.44. The molecule has 2 atom stereocenters. The number of anilines is 2. The van der Waals surface area contributed by atoms with Gasteiger partial charge in [0.25, 0.3) is 0 Å². The van der Waals surface area contributed by atoms with Gasteiger partial charge in [-0.2, -0.15) is 4.31 Å². The molecule has 1 saturated carbocycles. The molecular formula is C31H36N4O6S2. The van der Waals surface area contributed by atoms with Gasteiger partial charge in [0.15, 0.2) is 0 Å². The summed E-state index contributed by atoms with van der Waals surface area (Å²) in [5, 5.41) is 10.2. The molecule has 0 bridgehead atoms. The standard InChI is InChI=1S/C31H36N4O6S2/c1-21-20-41-15-14-34(21)28-13-12-24(17-32-28)43(39,40)33-18-26(22-8-4-2-5-9-22)35(29(36)19-33)25-16-27(42-30(25)31(37)38)23-10-6-3-7-11-23/h3,6-7,10-13,16-17,21-22,26H,2,4-5,8-9,14-15,18-20H2,1H3,(H,37,38). The number of pyridine rings is 1. The highest BCUT2D eigenvalue weighted by Gasteiger charge is 2.44. The maximum absolute atomic E-state index is 14.0.